The summed E-state index contributed by atoms with van der Waals surface area (Å²) in [6.45, 7) is 2.10. The minimum Gasteiger partial charge on any atom is -0.368 e. The van der Waals surface area contributed by atoms with E-state index in [4.69, 9.17) is 5.73 Å². The molecule has 3 atom stereocenters. The Labute approximate surface area is 164 Å². The predicted octanol–water partition coefficient (Wildman–Crippen LogP) is 0.540. The third kappa shape index (κ3) is 3.79. The second kappa shape index (κ2) is 8.12. The van der Waals surface area contributed by atoms with Gasteiger partial charge in [0.1, 0.15) is 12.4 Å². The van der Waals surface area contributed by atoms with Crippen LogP contribution in [0, 0.1) is 5.92 Å². The van der Waals surface area contributed by atoms with Gasteiger partial charge < -0.3 is 15.2 Å². The maximum absolute atomic E-state index is 13.3. The Morgan fingerprint density at radius 3 is 2.86 bits per heavy atom. The largest absolute Gasteiger partial charge is 0.368 e. The maximum Gasteiger partial charge on any atom is 0.237 e. The van der Waals surface area contributed by atoms with Crippen molar-refractivity contribution in [1.29, 1.82) is 0 Å². The number of likely N-dealkylation sites (tertiary alicyclic amines) is 1. The first-order valence-corrected chi connectivity index (χ1v) is 9.75. The molecule has 2 aliphatic rings. The number of hydrazine groups is 1. The monoisotopic (exact) mass is 382 g/mol. The van der Waals surface area contributed by atoms with E-state index < -0.39 is 5.91 Å². The summed E-state index contributed by atoms with van der Waals surface area (Å²) in [7, 11) is 0. The van der Waals surface area contributed by atoms with Gasteiger partial charge in [0.2, 0.25) is 11.8 Å². The van der Waals surface area contributed by atoms with Crippen LogP contribution in [0.15, 0.2) is 42.7 Å². The van der Waals surface area contributed by atoms with Gasteiger partial charge in [0.05, 0.1) is 12.0 Å². The average Bonchev–Trinajstić information content (AvgIpc) is 3.37. The lowest BCUT2D eigenvalue weighted by molar-refractivity contribution is -0.136. The van der Waals surface area contributed by atoms with Crippen molar-refractivity contribution < 1.29 is 9.59 Å². The zero-order valence-corrected chi connectivity index (χ0v) is 15.8. The molecule has 2 fully saturated rings. The molecule has 148 valence electrons. The first kappa shape index (κ1) is 18.6. The van der Waals surface area contributed by atoms with Crippen molar-refractivity contribution in [3.8, 4) is 0 Å². The third-order valence-corrected chi connectivity index (χ3v) is 5.63. The summed E-state index contributed by atoms with van der Waals surface area (Å²) < 4.78 is 1.80. The molecule has 2 saturated heterocycles. The summed E-state index contributed by atoms with van der Waals surface area (Å²) in [6.07, 6.45) is 5.33. The van der Waals surface area contributed by atoms with Gasteiger partial charge in [0, 0.05) is 37.9 Å². The quantitative estimate of drug-likeness (QED) is 0.700. The first-order valence-electron chi connectivity index (χ1n) is 9.75. The molecule has 1 aromatic carbocycles. The van der Waals surface area contributed by atoms with Crippen molar-refractivity contribution in [2.45, 2.75) is 31.3 Å². The Bertz CT molecular complexity index is 836. The number of carbonyl (C=O) groups is 2. The second-order valence-corrected chi connectivity index (χ2v) is 7.52. The number of nitrogens with zero attached hydrogens (tertiary/aromatic N) is 3. The Kier molecular flexibility index (Phi) is 5.40. The van der Waals surface area contributed by atoms with E-state index in [-0.39, 0.29) is 30.3 Å². The minimum atomic E-state index is -0.392. The number of piperidine rings is 1. The highest BCUT2D eigenvalue weighted by molar-refractivity contribution is 5.80. The molecule has 8 nitrogen and oxygen atoms in total. The van der Waals surface area contributed by atoms with Crippen LogP contribution in [0.2, 0.25) is 0 Å². The number of primary amides is 1. The summed E-state index contributed by atoms with van der Waals surface area (Å²) in [5.74, 6) is 0.565. The molecule has 3 heterocycles. The van der Waals surface area contributed by atoms with Gasteiger partial charge in [-0.25, -0.2) is 10.4 Å². The second-order valence-electron chi connectivity index (χ2n) is 7.52. The summed E-state index contributed by atoms with van der Waals surface area (Å²) in [4.78, 5) is 31.0. The Morgan fingerprint density at radius 2 is 2.07 bits per heavy atom. The van der Waals surface area contributed by atoms with Crippen LogP contribution in [-0.2, 0) is 16.1 Å². The van der Waals surface area contributed by atoms with E-state index in [1.54, 1.807) is 17.0 Å². The number of imidazole rings is 1. The van der Waals surface area contributed by atoms with Crippen LogP contribution in [0.5, 0.6) is 0 Å². The van der Waals surface area contributed by atoms with Gasteiger partial charge in [-0.3, -0.25) is 15.0 Å². The van der Waals surface area contributed by atoms with Crippen LogP contribution in [0.4, 0.5) is 0 Å². The summed E-state index contributed by atoms with van der Waals surface area (Å²) in [6, 6.07) is 10.0. The Morgan fingerprint density at radius 1 is 1.25 bits per heavy atom. The van der Waals surface area contributed by atoms with Crippen LogP contribution in [0.3, 0.4) is 0 Å². The first-order chi connectivity index (χ1) is 13.6. The molecule has 4 rings (SSSR count). The summed E-state index contributed by atoms with van der Waals surface area (Å²) in [5, 5.41) is 0. The molecule has 0 saturated carbocycles. The number of carbonyl (C=O) groups excluding carboxylic acids is 2. The summed E-state index contributed by atoms with van der Waals surface area (Å²) >= 11 is 0. The predicted molar refractivity (Wildman–Crippen MR) is 104 cm³/mol. The molecule has 28 heavy (non-hydrogen) atoms. The smallest absolute Gasteiger partial charge is 0.237 e. The number of rotatable bonds is 5. The fourth-order valence-electron chi connectivity index (χ4n) is 4.31. The number of hydrogen-bond donors (Lipinski definition) is 3. The summed E-state index contributed by atoms with van der Waals surface area (Å²) in [5.41, 5.74) is 12.8. The molecule has 2 aromatic rings. The van der Waals surface area contributed by atoms with Gasteiger partial charge in [-0.1, -0.05) is 30.3 Å². The SMILES string of the molecule is NC(=O)Cn1ccnc1C1CCCN(C(=O)C2CNNC2c2ccccc2)C1. The third-order valence-electron chi connectivity index (χ3n) is 5.63. The van der Waals surface area contributed by atoms with Crippen LogP contribution in [-0.4, -0.2) is 45.9 Å². The lowest BCUT2D eigenvalue weighted by Crippen LogP contribution is -2.44. The van der Waals surface area contributed by atoms with Gasteiger partial charge in [-0.05, 0) is 18.4 Å². The van der Waals surface area contributed by atoms with Crippen LogP contribution in [0.25, 0.3) is 0 Å². The maximum atomic E-state index is 13.3. The molecule has 4 N–H and O–H groups in total. The number of benzene rings is 1. The molecule has 0 bridgehead atoms. The number of nitrogens with one attached hydrogen (secondary N) is 2. The van der Waals surface area contributed by atoms with Gasteiger partial charge >= 0.3 is 0 Å². The molecule has 3 unspecified atom stereocenters. The van der Waals surface area contributed by atoms with Crippen molar-refractivity contribution in [1.82, 2.24) is 25.3 Å². The van der Waals surface area contributed by atoms with Gasteiger partial charge in [-0.15, -0.1) is 0 Å². The number of nitrogens with two attached hydrogens (primary N) is 1. The van der Waals surface area contributed by atoms with E-state index in [0.717, 1.165) is 30.8 Å². The van der Waals surface area contributed by atoms with Gasteiger partial charge in [0.15, 0.2) is 0 Å². The van der Waals surface area contributed by atoms with Crippen molar-refractivity contribution in [2.75, 3.05) is 19.6 Å². The molecule has 0 aliphatic carbocycles. The molecule has 0 spiro atoms. The van der Waals surface area contributed by atoms with Crippen molar-refractivity contribution in [2.24, 2.45) is 11.7 Å². The highest BCUT2D eigenvalue weighted by Crippen LogP contribution is 2.31. The van der Waals surface area contributed by atoms with E-state index in [2.05, 4.69) is 15.8 Å². The van der Waals surface area contributed by atoms with Crippen LogP contribution in [0.1, 0.15) is 36.2 Å². The lowest BCUT2D eigenvalue weighted by Gasteiger charge is -2.35. The van der Waals surface area contributed by atoms with Crippen LogP contribution < -0.4 is 16.6 Å². The molecule has 1 aromatic heterocycles. The van der Waals surface area contributed by atoms with Gasteiger partial charge in [-0.2, -0.15) is 0 Å². The molecule has 2 aliphatic heterocycles. The number of hydrogen-bond acceptors (Lipinski definition) is 5. The van der Waals surface area contributed by atoms with E-state index in [1.165, 1.54) is 0 Å². The fourth-order valence-corrected chi connectivity index (χ4v) is 4.31. The van der Waals surface area contributed by atoms with Crippen LogP contribution >= 0.6 is 0 Å². The molecule has 2 amide bonds. The van der Waals surface area contributed by atoms with E-state index >= 15 is 0 Å². The van der Waals surface area contributed by atoms with E-state index in [1.807, 2.05) is 35.2 Å². The topological polar surface area (TPSA) is 105 Å². The van der Waals surface area contributed by atoms with E-state index in [0.29, 0.717) is 13.1 Å². The average molecular weight is 382 g/mol. The van der Waals surface area contributed by atoms with Gasteiger partial charge in [0.25, 0.3) is 0 Å². The van der Waals surface area contributed by atoms with Crippen molar-refractivity contribution in [3.05, 3.63) is 54.1 Å². The normalized spacial score (nSPS) is 25.0. The van der Waals surface area contributed by atoms with E-state index in [9.17, 15) is 9.59 Å². The zero-order valence-electron chi connectivity index (χ0n) is 15.8. The molecule has 0 radical (unpaired) electrons. The number of aromatic nitrogens is 2. The molecular formula is C20H26N6O2. The number of amides is 2. The molecule has 8 heteroatoms. The highest BCUT2D eigenvalue weighted by atomic mass is 16.2. The minimum absolute atomic E-state index is 0.0362. The Hall–Kier alpha value is -2.71. The molecular weight excluding hydrogens is 356 g/mol. The van der Waals surface area contributed by atoms with Crippen molar-refractivity contribution in [3.63, 3.8) is 0 Å². The lowest BCUT2D eigenvalue weighted by atomic mass is 9.91. The van der Waals surface area contributed by atoms with Crippen molar-refractivity contribution >= 4 is 11.8 Å². The standard InChI is InChI=1S/C20H26N6O2/c21-17(27)13-25-10-8-22-19(25)15-7-4-9-26(12-15)20(28)16-11-23-24-18(16)14-5-2-1-3-6-14/h1-3,5-6,8,10,15-16,18,23-24H,4,7,9,11-13H2,(H2,21,27). The highest BCUT2D eigenvalue weighted by Gasteiger charge is 2.38. The fraction of sp³-hybridized carbons (Fsp3) is 0.450. The Balaban J connectivity index is 1.48. The zero-order chi connectivity index (χ0) is 19.5.